The van der Waals surface area contributed by atoms with Gasteiger partial charge in [-0.1, -0.05) is 18.7 Å². The summed E-state index contributed by atoms with van der Waals surface area (Å²) in [5.74, 6) is -0.197. The van der Waals surface area contributed by atoms with Crippen molar-refractivity contribution in [3.8, 4) is 11.1 Å². The largest absolute Gasteiger partial charge is 0.492 e. The van der Waals surface area contributed by atoms with Gasteiger partial charge in [0.05, 0.1) is 29.7 Å². The Morgan fingerprint density at radius 1 is 1.16 bits per heavy atom. The van der Waals surface area contributed by atoms with Crippen molar-refractivity contribution in [1.29, 1.82) is 0 Å². The van der Waals surface area contributed by atoms with Gasteiger partial charge in [-0.2, -0.15) is 5.10 Å². The molecule has 0 fully saturated rings. The number of aliphatic hydroxyl groups excluding tert-OH is 1. The van der Waals surface area contributed by atoms with E-state index in [-0.39, 0.29) is 11.6 Å². The first-order valence-electron chi connectivity index (χ1n) is 12.2. The monoisotopic (exact) mass is 530 g/mol. The van der Waals surface area contributed by atoms with Crippen LogP contribution in [0.3, 0.4) is 0 Å². The molecule has 5 rings (SSSR count). The molecule has 0 radical (unpaired) electrons. The van der Waals surface area contributed by atoms with Gasteiger partial charge in [-0.05, 0) is 49.2 Å². The minimum atomic E-state index is -3.55. The number of aromatic nitrogens is 4. The van der Waals surface area contributed by atoms with Gasteiger partial charge in [0.2, 0.25) is 15.9 Å². The molecule has 10 heteroatoms. The van der Waals surface area contributed by atoms with Crippen molar-refractivity contribution in [3.63, 3.8) is 0 Å². The Balaban J connectivity index is 1.73. The van der Waals surface area contributed by atoms with Crippen molar-refractivity contribution >= 4 is 56.2 Å². The average Bonchev–Trinajstić information content (AvgIpc) is 3.55. The first-order valence-corrected chi connectivity index (χ1v) is 13.9. The van der Waals surface area contributed by atoms with Gasteiger partial charge < -0.3 is 14.2 Å². The summed E-state index contributed by atoms with van der Waals surface area (Å²) in [6, 6.07) is 12.0. The maximum Gasteiger partial charge on any atom is 0.235 e. The van der Waals surface area contributed by atoms with E-state index in [9.17, 15) is 13.5 Å². The minimum Gasteiger partial charge on any atom is -0.492 e. The molecule has 0 saturated carbocycles. The van der Waals surface area contributed by atoms with Crippen LogP contribution in [0.25, 0.3) is 45.4 Å². The Morgan fingerprint density at radius 2 is 1.95 bits per heavy atom. The number of nitrogens with one attached hydrogen (secondary N) is 1. The molecule has 9 nitrogen and oxygen atoms in total. The summed E-state index contributed by atoms with van der Waals surface area (Å²) in [7, 11) is 0.271. The zero-order valence-corrected chi connectivity index (χ0v) is 22.6. The molecule has 0 aliphatic rings. The summed E-state index contributed by atoms with van der Waals surface area (Å²) in [4.78, 5) is 4.01. The third-order valence-corrected chi connectivity index (χ3v) is 8.10. The van der Waals surface area contributed by atoms with E-state index in [0.717, 1.165) is 33.1 Å². The van der Waals surface area contributed by atoms with Gasteiger partial charge in [-0.25, -0.2) is 13.4 Å². The maximum absolute atomic E-state index is 12.6. The van der Waals surface area contributed by atoms with Crippen molar-refractivity contribution in [2.45, 2.75) is 20.4 Å². The van der Waals surface area contributed by atoms with Crippen molar-refractivity contribution < 1.29 is 13.5 Å². The lowest BCUT2D eigenvalue weighted by Gasteiger charge is -2.12. The van der Waals surface area contributed by atoms with E-state index in [1.807, 2.05) is 36.3 Å². The van der Waals surface area contributed by atoms with Gasteiger partial charge in [0.25, 0.3) is 0 Å². The predicted octanol–water partition coefficient (Wildman–Crippen LogP) is 3.47. The van der Waals surface area contributed by atoms with Crippen LogP contribution in [0.15, 0.2) is 60.0 Å². The normalized spacial score (nSPS) is 13.2. The molecule has 0 amide bonds. The highest BCUT2D eigenvalue weighted by molar-refractivity contribution is 7.92. The highest BCUT2D eigenvalue weighted by Gasteiger charge is 2.17. The zero-order chi connectivity index (χ0) is 27.2. The van der Waals surface area contributed by atoms with Crippen LogP contribution in [0.4, 0.5) is 5.69 Å². The number of fused-ring (bicyclic) bond motifs is 2. The Bertz CT molecular complexity index is 1940. The second-order valence-corrected chi connectivity index (χ2v) is 11.2. The van der Waals surface area contributed by atoms with Crippen molar-refractivity contribution in [2.75, 3.05) is 10.5 Å². The van der Waals surface area contributed by atoms with Crippen LogP contribution < -0.4 is 15.3 Å². The van der Waals surface area contributed by atoms with Crippen LogP contribution in [0.2, 0.25) is 0 Å². The standard InChI is InChI=1S/C28H30N6O3S/c1-6-29-28(35)27-18(3)23(17-33(27)5)20-13-24(31-38(36,37)7-2)22-15-30-34(26(22)14-20)16-19-9-8-10-25-21(19)11-12-32(25)4/h6,8-15,17,31,35H,3,7,16H2,1-2,4-5H3/b28-27-,29-6?. The fourth-order valence-corrected chi connectivity index (χ4v) is 5.50. The number of anilines is 1. The van der Waals surface area contributed by atoms with Gasteiger partial charge >= 0.3 is 0 Å². The van der Waals surface area contributed by atoms with E-state index in [1.54, 1.807) is 37.7 Å². The molecule has 0 unspecified atom stereocenters. The molecule has 0 aliphatic carbocycles. The van der Waals surface area contributed by atoms with Crippen molar-refractivity contribution in [3.05, 3.63) is 71.1 Å². The van der Waals surface area contributed by atoms with Gasteiger partial charge in [0, 0.05) is 59.8 Å². The third kappa shape index (κ3) is 4.37. The summed E-state index contributed by atoms with van der Waals surface area (Å²) in [5.41, 5.74) is 4.93. The highest BCUT2D eigenvalue weighted by atomic mass is 32.2. The van der Waals surface area contributed by atoms with Crippen LogP contribution in [0.5, 0.6) is 0 Å². The Morgan fingerprint density at radius 3 is 2.68 bits per heavy atom. The number of aliphatic hydroxyl groups is 1. The van der Waals surface area contributed by atoms with E-state index in [1.165, 1.54) is 6.21 Å². The van der Waals surface area contributed by atoms with Gasteiger partial charge in [0.15, 0.2) is 0 Å². The van der Waals surface area contributed by atoms with E-state index >= 15 is 0 Å². The van der Waals surface area contributed by atoms with Gasteiger partial charge in [-0.3, -0.25) is 9.40 Å². The van der Waals surface area contributed by atoms with E-state index in [4.69, 9.17) is 0 Å². The topological polar surface area (TPSA) is 106 Å². The van der Waals surface area contributed by atoms with Crippen LogP contribution >= 0.6 is 0 Å². The van der Waals surface area contributed by atoms with Crippen LogP contribution in [-0.2, 0) is 30.7 Å². The van der Waals surface area contributed by atoms with Crippen molar-refractivity contribution in [2.24, 2.45) is 19.1 Å². The first kappa shape index (κ1) is 25.3. The summed E-state index contributed by atoms with van der Waals surface area (Å²) >= 11 is 0. The molecule has 0 spiro atoms. The highest BCUT2D eigenvalue weighted by Crippen LogP contribution is 2.31. The number of aliphatic imine (C=N–C) groups is 1. The first-order chi connectivity index (χ1) is 18.1. The Hall–Kier alpha value is -4.31. The lowest BCUT2D eigenvalue weighted by Crippen LogP contribution is -2.29. The third-order valence-electron chi connectivity index (χ3n) is 6.81. The van der Waals surface area contributed by atoms with Gasteiger partial charge in [0.1, 0.15) is 5.35 Å². The van der Waals surface area contributed by atoms with Crippen LogP contribution in [-0.4, -0.2) is 44.4 Å². The van der Waals surface area contributed by atoms with E-state index in [2.05, 4.69) is 44.2 Å². The fraction of sp³-hybridized carbons (Fsp3) is 0.214. The summed E-state index contributed by atoms with van der Waals surface area (Å²) < 4.78 is 33.6. The molecule has 2 aromatic carbocycles. The minimum absolute atomic E-state index is 0.0587. The second kappa shape index (κ2) is 9.53. The molecule has 0 atom stereocenters. The molecule has 5 aromatic rings. The molecular formula is C28H30N6O3S. The summed E-state index contributed by atoms with van der Waals surface area (Å²) in [6.07, 6.45) is 7.08. The number of nitrogens with zero attached hydrogens (tertiary/aromatic N) is 5. The number of rotatable bonds is 7. The zero-order valence-electron chi connectivity index (χ0n) is 21.8. The molecule has 196 valence electrons. The number of aryl methyl sites for hydroxylation is 2. The number of hydrogen-bond donors (Lipinski definition) is 2. The quantitative estimate of drug-likeness (QED) is 0.314. The summed E-state index contributed by atoms with van der Waals surface area (Å²) in [5, 5.41) is 18.0. The number of benzene rings is 2. The lowest BCUT2D eigenvalue weighted by atomic mass is 10.0. The molecule has 0 bridgehead atoms. The van der Waals surface area contributed by atoms with Crippen LogP contribution in [0.1, 0.15) is 19.4 Å². The smallest absolute Gasteiger partial charge is 0.235 e. The predicted molar refractivity (Wildman–Crippen MR) is 154 cm³/mol. The lowest BCUT2D eigenvalue weighted by molar-refractivity contribution is 0.488. The van der Waals surface area contributed by atoms with E-state index in [0.29, 0.717) is 28.2 Å². The number of hydrogen-bond acceptors (Lipinski definition) is 5. The Kier molecular flexibility index (Phi) is 6.36. The molecule has 0 aliphatic heterocycles. The molecule has 3 heterocycles. The molecule has 2 N–H and O–H groups in total. The fourth-order valence-electron chi connectivity index (χ4n) is 4.85. The van der Waals surface area contributed by atoms with Crippen molar-refractivity contribution in [1.82, 2.24) is 18.9 Å². The molecule has 3 aromatic heterocycles. The average molecular weight is 531 g/mol. The Labute approximate surface area is 220 Å². The molecular weight excluding hydrogens is 500 g/mol. The molecule has 38 heavy (non-hydrogen) atoms. The van der Waals surface area contributed by atoms with E-state index < -0.39 is 10.0 Å². The SMILES string of the molecule is C=c1c(-c2cc(NS(=O)(=O)CC)c3cnn(Cc4cccc5c4ccn5C)c3c2)cn(C)/c1=C(\O)N=CC. The van der Waals surface area contributed by atoms with Crippen LogP contribution in [0, 0.1) is 0 Å². The summed E-state index contributed by atoms with van der Waals surface area (Å²) in [6.45, 7) is 8.02. The van der Waals surface area contributed by atoms with Gasteiger partial charge in [-0.15, -0.1) is 0 Å². The number of sulfonamides is 1. The second-order valence-electron chi connectivity index (χ2n) is 9.23. The maximum atomic E-state index is 12.6. The molecule has 0 saturated heterocycles.